The number of amides is 3. The van der Waals surface area contributed by atoms with Crippen molar-refractivity contribution in [3.05, 3.63) is 72.1 Å². The van der Waals surface area contributed by atoms with Gasteiger partial charge in [-0.3, -0.25) is 10.1 Å². The van der Waals surface area contributed by atoms with Crippen LogP contribution in [0.25, 0.3) is 11.4 Å². The first-order valence-corrected chi connectivity index (χ1v) is 8.83. The number of nitrogens with zero attached hydrogens (tertiary/aromatic N) is 3. The summed E-state index contributed by atoms with van der Waals surface area (Å²) in [5.74, 6) is 0.953. The minimum Gasteiger partial charge on any atom is -0.326 e. The number of benzene rings is 2. The Bertz CT molecular complexity index is 953. The van der Waals surface area contributed by atoms with Crippen LogP contribution in [0.15, 0.2) is 60.7 Å². The van der Waals surface area contributed by atoms with Crippen LogP contribution in [0.4, 0.5) is 4.79 Å². The molecule has 3 amide bonds. The van der Waals surface area contributed by atoms with E-state index >= 15 is 0 Å². The van der Waals surface area contributed by atoms with Crippen LogP contribution in [0.3, 0.4) is 0 Å². The Labute approximate surface area is 156 Å². The number of hydrogen-bond acceptors (Lipinski definition) is 4. The molecule has 1 aromatic heterocycles. The molecule has 1 saturated heterocycles. The number of aryl methyl sites for hydroxylation is 2. The summed E-state index contributed by atoms with van der Waals surface area (Å²) in [6.07, 6.45) is 1.10. The number of aromatic nitrogens is 3. The van der Waals surface area contributed by atoms with Crippen LogP contribution >= 0.6 is 0 Å². The second kappa shape index (κ2) is 7.41. The molecule has 2 N–H and O–H groups in total. The van der Waals surface area contributed by atoms with Crippen LogP contribution in [-0.4, -0.2) is 32.7 Å². The van der Waals surface area contributed by atoms with Crippen molar-refractivity contribution in [3.63, 3.8) is 0 Å². The summed E-state index contributed by atoms with van der Waals surface area (Å²) in [6, 6.07) is 18.7. The van der Waals surface area contributed by atoms with Crippen molar-refractivity contribution in [3.8, 4) is 11.4 Å². The lowest BCUT2D eigenvalue weighted by molar-refractivity contribution is -0.120. The maximum atomic E-state index is 11.9. The van der Waals surface area contributed by atoms with Gasteiger partial charge in [0.05, 0.1) is 0 Å². The first-order valence-electron chi connectivity index (χ1n) is 8.83. The molecule has 27 heavy (non-hydrogen) atoms. The number of nitrogens with one attached hydrogen (secondary N) is 2. The lowest BCUT2D eigenvalue weighted by Crippen LogP contribution is -2.32. The summed E-state index contributed by atoms with van der Waals surface area (Å²) in [4.78, 5) is 27.9. The monoisotopic (exact) mass is 361 g/mol. The number of hydrogen-bond donors (Lipinski definition) is 2. The lowest BCUT2D eigenvalue weighted by atomic mass is 10.1. The molecule has 0 bridgehead atoms. The van der Waals surface area contributed by atoms with E-state index < -0.39 is 12.1 Å². The Hall–Kier alpha value is -3.48. The van der Waals surface area contributed by atoms with E-state index in [0.29, 0.717) is 24.6 Å². The van der Waals surface area contributed by atoms with E-state index in [1.54, 1.807) is 0 Å². The topological polar surface area (TPSA) is 88.9 Å². The van der Waals surface area contributed by atoms with Crippen molar-refractivity contribution in [2.45, 2.75) is 25.4 Å². The molecule has 0 spiro atoms. The van der Waals surface area contributed by atoms with Gasteiger partial charge >= 0.3 is 6.03 Å². The van der Waals surface area contributed by atoms with E-state index in [-0.39, 0.29) is 5.91 Å². The molecule has 0 aliphatic carbocycles. The van der Waals surface area contributed by atoms with Gasteiger partial charge in [0, 0.05) is 18.5 Å². The molecule has 2 aromatic carbocycles. The molecule has 7 heteroatoms. The normalized spacial score (nSPS) is 16.2. The molecular weight excluding hydrogens is 342 g/mol. The van der Waals surface area contributed by atoms with E-state index in [4.69, 9.17) is 0 Å². The summed E-state index contributed by atoms with van der Waals surface area (Å²) in [5.41, 5.74) is 2.12. The Balaban J connectivity index is 1.59. The van der Waals surface area contributed by atoms with Gasteiger partial charge in [-0.15, -0.1) is 0 Å². The molecule has 0 radical (unpaired) electrons. The predicted octanol–water partition coefficient (Wildman–Crippen LogP) is 1.94. The zero-order chi connectivity index (χ0) is 18.6. The van der Waals surface area contributed by atoms with Crippen molar-refractivity contribution in [2.75, 3.05) is 0 Å². The van der Waals surface area contributed by atoms with E-state index in [2.05, 4.69) is 32.8 Å². The zero-order valence-corrected chi connectivity index (χ0v) is 14.6. The molecule has 1 aliphatic heterocycles. The highest BCUT2D eigenvalue weighted by Gasteiger charge is 2.31. The molecule has 1 atom stereocenters. The Morgan fingerprint density at radius 2 is 1.67 bits per heavy atom. The van der Waals surface area contributed by atoms with Crippen LogP contribution in [-0.2, 0) is 24.2 Å². The van der Waals surface area contributed by atoms with Gasteiger partial charge in [0.2, 0.25) is 0 Å². The molecule has 1 aliphatic rings. The predicted molar refractivity (Wildman–Crippen MR) is 99.8 cm³/mol. The number of imide groups is 1. The van der Waals surface area contributed by atoms with E-state index in [1.807, 2.05) is 53.2 Å². The van der Waals surface area contributed by atoms with Gasteiger partial charge in [0.15, 0.2) is 5.82 Å². The molecule has 0 unspecified atom stereocenters. The van der Waals surface area contributed by atoms with Crippen LogP contribution in [0.1, 0.15) is 11.4 Å². The highest BCUT2D eigenvalue weighted by atomic mass is 16.2. The first-order chi connectivity index (χ1) is 13.2. The van der Waals surface area contributed by atoms with Crippen molar-refractivity contribution in [1.82, 2.24) is 25.4 Å². The third kappa shape index (κ3) is 3.87. The van der Waals surface area contributed by atoms with Gasteiger partial charge in [-0.1, -0.05) is 60.7 Å². The lowest BCUT2D eigenvalue weighted by Gasteiger charge is -2.09. The highest BCUT2D eigenvalue weighted by molar-refractivity contribution is 6.04. The molecular formula is C20H19N5O2. The molecule has 0 saturated carbocycles. The van der Waals surface area contributed by atoms with Crippen LogP contribution in [0, 0.1) is 0 Å². The largest absolute Gasteiger partial charge is 0.326 e. The minimum atomic E-state index is -0.624. The molecule has 4 rings (SSSR count). The highest BCUT2D eigenvalue weighted by Crippen LogP contribution is 2.17. The van der Waals surface area contributed by atoms with Crippen LogP contribution in [0.2, 0.25) is 0 Å². The van der Waals surface area contributed by atoms with Gasteiger partial charge in [0.1, 0.15) is 11.9 Å². The summed E-state index contributed by atoms with van der Waals surface area (Å²) >= 11 is 0. The second-order valence-electron chi connectivity index (χ2n) is 6.40. The third-order valence-corrected chi connectivity index (χ3v) is 4.48. The van der Waals surface area contributed by atoms with Gasteiger partial charge < -0.3 is 5.32 Å². The molecule has 3 aromatic rings. The van der Waals surface area contributed by atoms with Crippen LogP contribution in [0.5, 0.6) is 0 Å². The van der Waals surface area contributed by atoms with Crippen LogP contribution < -0.4 is 10.6 Å². The van der Waals surface area contributed by atoms with Gasteiger partial charge in [-0.2, -0.15) is 5.10 Å². The number of rotatable bonds is 6. The van der Waals surface area contributed by atoms with E-state index in [1.165, 1.54) is 5.56 Å². The van der Waals surface area contributed by atoms with Gasteiger partial charge in [0.25, 0.3) is 5.91 Å². The molecule has 1 fully saturated rings. The maximum absolute atomic E-state index is 11.9. The third-order valence-electron chi connectivity index (χ3n) is 4.48. The van der Waals surface area contributed by atoms with Crippen molar-refractivity contribution in [1.29, 1.82) is 0 Å². The fraction of sp³-hybridized carbons (Fsp3) is 0.200. The van der Waals surface area contributed by atoms with E-state index in [0.717, 1.165) is 12.0 Å². The van der Waals surface area contributed by atoms with Gasteiger partial charge in [-0.05, 0) is 12.0 Å². The van der Waals surface area contributed by atoms with E-state index in [9.17, 15) is 9.59 Å². The number of carbonyl (C=O) groups is 2. The van der Waals surface area contributed by atoms with Crippen molar-refractivity contribution < 1.29 is 9.59 Å². The standard InChI is InChI=1S/C20H19N5O2/c26-19-16(21-20(27)23-19)13-17-22-18(15-9-5-2-6-10-15)24-25(17)12-11-14-7-3-1-4-8-14/h1-10,16H,11-13H2,(H2,21,23,26,27)/t16-/m0/s1. The average Bonchev–Trinajstić information content (AvgIpc) is 3.24. The fourth-order valence-corrected chi connectivity index (χ4v) is 3.08. The Kier molecular flexibility index (Phi) is 4.65. The molecule has 2 heterocycles. The summed E-state index contributed by atoms with van der Waals surface area (Å²) in [5, 5.41) is 9.52. The Morgan fingerprint density at radius 3 is 2.33 bits per heavy atom. The molecule has 136 valence electrons. The first kappa shape index (κ1) is 17.0. The smallest absolute Gasteiger partial charge is 0.322 e. The fourth-order valence-electron chi connectivity index (χ4n) is 3.08. The summed E-state index contributed by atoms with van der Waals surface area (Å²) in [6.45, 7) is 0.640. The van der Waals surface area contributed by atoms with Crippen molar-refractivity contribution in [2.24, 2.45) is 0 Å². The summed E-state index contributed by atoms with van der Waals surface area (Å²) < 4.78 is 1.83. The van der Waals surface area contributed by atoms with Crippen molar-refractivity contribution >= 4 is 11.9 Å². The Morgan fingerprint density at radius 1 is 0.963 bits per heavy atom. The molecule has 7 nitrogen and oxygen atoms in total. The SMILES string of the molecule is O=C1NC(=O)[C@H](Cc2nc(-c3ccccc3)nn2CCc2ccccc2)N1. The minimum absolute atomic E-state index is 0.298. The zero-order valence-electron chi connectivity index (χ0n) is 14.6. The summed E-state index contributed by atoms with van der Waals surface area (Å²) in [7, 11) is 0. The quantitative estimate of drug-likeness (QED) is 0.657. The maximum Gasteiger partial charge on any atom is 0.322 e. The van der Waals surface area contributed by atoms with Gasteiger partial charge in [-0.25, -0.2) is 14.5 Å². The number of urea groups is 1. The number of carbonyl (C=O) groups excluding carboxylic acids is 2. The average molecular weight is 361 g/mol. The second-order valence-corrected chi connectivity index (χ2v) is 6.40.